The van der Waals surface area contributed by atoms with Crippen LogP contribution in [0, 0.1) is 11.3 Å². The van der Waals surface area contributed by atoms with E-state index in [1.807, 2.05) is 6.07 Å². The first-order chi connectivity index (χ1) is 9.63. The van der Waals surface area contributed by atoms with E-state index in [2.05, 4.69) is 0 Å². The third-order valence-corrected chi connectivity index (χ3v) is 2.76. The van der Waals surface area contributed by atoms with Crippen molar-refractivity contribution in [3.63, 3.8) is 0 Å². The zero-order valence-electron chi connectivity index (χ0n) is 11.2. The van der Waals surface area contributed by atoms with Crippen molar-refractivity contribution in [1.29, 1.82) is 5.26 Å². The van der Waals surface area contributed by atoms with Crippen molar-refractivity contribution in [2.24, 2.45) is 0 Å². The van der Waals surface area contributed by atoms with Crippen molar-refractivity contribution in [2.75, 3.05) is 7.11 Å². The van der Waals surface area contributed by atoms with Gasteiger partial charge in [0.25, 0.3) is 0 Å². The van der Waals surface area contributed by atoms with Gasteiger partial charge in [0, 0.05) is 11.6 Å². The molecule has 0 saturated carbocycles. The predicted molar refractivity (Wildman–Crippen MR) is 74.2 cm³/mol. The van der Waals surface area contributed by atoms with Crippen LogP contribution in [0.5, 0.6) is 17.2 Å². The van der Waals surface area contributed by atoms with Gasteiger partial charge >= 0.3 is 0 Å². The summed E-state index contributed by atoms with van der Waals surface area (Å²) in [4.78, 5) is 11.3. The van der Waals surface area contributed by atoms with Gasteiger partial charge in [-0.2, -0.15) is 5.26 Å². The number of benzene rings is 2. The van der Waals surface area contributed by atoms with E-state index < -0.39 is 0 Å². The maximum atomic E-state index is 11.3. The van der Waals surface area contributed by atoms with Crippen molar-refractivity contribution in [3.8, 4) is 23.3 Å². The highest BCUT2D eigenvalue weighted by atomic mass is 16.5. The highest BCUT2D eigenvalue weighted by molar-refractivity contribution is 5.94. The second-order valence-electron chi connectivity index (χ2n) is 4.16. The van der Waals surface area contributed by atoms with Crippen LogP contribution in [0.4, 0.5) is 0 Å². The van der Waals surface area contributed by atoms with E-state index in [9.17, 15) is 4.79 Å². The SMILES string of the molecule is COc1cc(C#N)ccc1Oc1cccc(C(C)=O)c1. The second kappa shape index (κ2) is 5.89. The Hall–Kier alpha value is -2.80. The average molecular weight is 267 g/mol. The van der Waals surface area contributed by atoms with E-state index in [4.69, 9.17) is 14.7 Å². The molecule has 2 rings (SSSR count). The Labute approximate surface area is 117 Å². The van der Waals surface area contributed by atoms with Crippen LogP contribution in [0.15, 0.2) is 42.5 Å². The molecule has 100 valence electrons. The number of Topliss-reactive ketones (excluding diaryl/α,β-unsaturated/α-hetero) is 1. The first kappa shape index (κ1) is 13.6. The van der Waals surface area contributed by atoms with Crippen molar-refractivity contribution in [3.05, 3.63) is 53.6 Å². The number of carbonyl (C=O) groups excluding carboxylic acids is 1. The van der Waals surface area contributed by atoms with Crippen molar-refractivity contribution < 1.29 is 14.3 Å². The summed E-state index contributed by atoms with van der Waals surface area (Å²) in [5.41, 5.74) is 1.07. The summed E-state index contributed by atoms with van der Waals surface area (Å²) in [6.45, 7) is 1.50. The number of ketones is 1. The Kier molecular flexibility index (Phi) is 4.02. The van der Waals surface area contributed by atoms with Crippen molar-refractivity contribution in [2.45, 2.75) is 6.92 Å². The summed E-state index contributed by atoms with van der Waals surface area (Å²) in [6, 6.07) is 13.8. The third kappa shape index (κ3) is 2.96. The molecular weight excluding hydrogens is 254 g/mol. The van der Waals surface area contributed by atoms with Gasteiger partial charge in [-0.25, -0.2) is 0 Å². The van der Waals surface area contributed by atoms with E-state index >= 15 is 0 Å². The van der Waals surface area contributed by atoms with Crippen LogP contribution in [0.3, 0.4) is 0 Å². The lowest BCUT2D eigenvalue weighted by Crippen LogP contribution is -1.94. The molecule has 0 amide bonds. The van der Waals surface area contributed by atoms with Crippen molar-refractivity contribution >= 4 is 5.78 Å². The molecule has 0 heterocycles. The van der Waals surface area contributed by atoms with Crippen LogP contribution < -0.4 is 9.47 Å². The van der Waals surface area contributed by atoms with E-state index in [0.717, 1.165) is 0 Å². The summed E-state index contributed by atoms with van der Waals surface area (Å²) in [6.07, 6.45) is 0. The molecule has 20 heavy (non-hydrogen) atoms. The molecule has 0 aliphatic heterocycles. The maximum absolute atomic E-state index is 11.3. The van der Waals surface area contributed by atoms with Crippen LogP contribution in [0.1, 0.15) is 22.8 Å². The van der Waals surface area contributed by atoms with Crippen LogP contribution in [-0.2, 0) is 0 Å². The first-order valence-corrected chi connectivity index (χ1v) is 6.01. The largest absolute Gasteiger partial charge is 0.493 e. The van der Waals surface area contributed by atoms with Crippen LogP contribution >= 0.6 is 0 Å². The lowest BCUT2D eigenvalue weighted by Gasteiger charge is -2.11. The van der Waals surface area contributed by atoms with Gasteiger partial charge < -0.3 is 9.47 Å². The van der Waals surface area contributed by atoms with E-state index in [1.54, 1.807) is 42.5 Å². The van der Waals surface area contributed by atoms with E-state index in [0.29, 0.717) is 28.4 Å². The average Bonchev–Trinajstić information content (AvgIpc) is 2.48. The van der Waals surface area contributed by atoms with E-state index in [1.165, 1.54) is 14.0 Å². The lowest BCUT2D eigenvalue weighted by molar-refractivity contribution is 0.101. The van der Waals surface area contributed by atoms with Gasteiger partial charge in [0.05, 0.1) is 18.7 Å². The number of rotatable bonds is 4. The molecule has 0 radical (unpaired) electrons. The monoisotopic (exact) mass is 267 g/mol. The molecule has 0 spiro atoms. The van der Waals surface area contributed by atoms with Gasteiger partial charge in [0.15, 0.2) is 17.3 Å². The zero-order chi connectivity index (χ0) is 14.5. The minimum atomic E-state index is -0.0257. The molecule has 4 heteroatoms. The summed E-state index contributed by atoms with van der Waals surface area (Å²) < 4.78 is 10.9. The fourth-order valence-electron chi connectivity index (χ4n) is 1.73. The number of methoxy groups -OCH3 is 1. The smallest absolute Gasteiger partial charge is 0.169 e. The highest BCUT2D eigenvalue weighted by Crippen LogP contribution is 2.32. The molecule has 0 bridgehead atoms. The van der Waals surface area contributed by atoms with Gasteiger partial charge in [-0.15, -0.1) is 0 Å². The normalized spacial score (nSPS) is 9.65. The number of nitriles is 1. The topological polar surface area (TPSA) is 59.3 Å². The number of ether oxygens (including phenoxy) is 2. The van der Waals surface area contributed by atoms with Gasteiger partial charge in [-0.05, 0) is 31.2 Å². The van der Waals surface area contributed by atoms with Gasteiger partial charge in [-0.1, -0.05) is 12.1 Å². The number of carbonyl (C=O) groups is 1. The van der Waals surface area contributed by atoms with E-state index in [-0.39, 0.29) is 5.78 Å². The minimum absolute atomic E-state index is 0.0257. The molecule has 0 fully saturated rings. The number of hydrogen-bond donors (Lipinski definition) is 0. The molecule has 2 aromatic rings. The first-order valence-electron chi connectivity index (χ1n) is 6.01. The minimum Gasteiger partial charge on any atom is -0.493 e. The molecule has 0 atom stereocenters. The quantitative estimate of drug-likeness (QED) is 0.795. The molecular formula is C16H13NO3. The van der Waals surface area contributed by atoms with Crippen LogP contribution in [0.25, 0.3) is 0 Å². The van der Waals surface area contributed by atoms with Crippen LogP contribution in [-0.4, -0.2) is 12.9 Å². The standard InChI is InChI=1S/C16H13NO3/c1-11(18)13-4-3-5-14(9-13)20-15-7-6-12(10-17)8-16(15)19-2/h3-9H,1-2H3. The Morgan fingerprint density at radius 2 is 1.95 bits per heavy atom. The fraction of sp³-hybridized carbons (Fsp3) is 0.125. The lowest BCUT2D eigenvalue weighted by atomic mass is 10.1. The molecule has 0 aromatic heterocycles. The third-order valence-electron chi connectivity index (χ3n) is 2.76. The molecule has 4 nitrogen and oxygen atoms in total. The Bertz CT molecular complexity index is 686. The summed E-state index contributed by atoms with van der Waals surface area (Å²) in [5, 5.41) is 8.85. The molecule has 0 N–H and O–H groups in total. The fourth-order valence-corrected chi connectivity index (χ4v) is 1.73. The highest BCUT2D eigenvalue weighted by Gasteiger charge is 2.08. The zero-order valence-corrected chi connectivity index (χ0v) is 11.2. The molecule has 0 aliphatic rings. The summed E-state index contributed by atoms with van der Waals surface area (Å²) in [5.74, 6) is 1.48. The molecule has 0 saturated heterocycles. The Morgan fingerprint density at radius 3 is 2.60 bits per heavy atom. The van der Waals surface area contributed by atoms with Crippen LogP contribution in [0.2, 0.25) is 0 Å². The predicted octanol–water partition coefficient (Wildman–Crippen LogP) is 3.56. The summed E-state index contributed by atoms with van der Waals surface area (Å²) in [7, 11) is 1.51. The van der Waals surface area contributed by atoms with Gasteiger partial charge in [0.1, 0.15) is 5.75 Å². The van der Waals surface area contributed by atoms with Gasteiger partial charge in [0.2, 0.25) is 0 Å². The Morgan fingerprint density at radius 1 is 1.15 bits per heavy atom. The maximum Gasteiger partial charge on any atom is 0.169 e. The molecule has 2 aromatic carbocycles. The summed E-state index contributed by atoms with van der Waals surface area (Å²) >= 11 is 0. The molecule has 0 unspecified atom stereocenters. The number of hydrogen-bond acceptors (Lipinski definition) is 4. The Balaban J connectivity index is 2.32. The molecule has 0 aliphatic carbocycles. The van der Waals surface area contributed by atoms with Gasteiger partial charge in [-0.3, -0.25) is 4.79 Å². The number of nitrogens with zero attached hydrogens (tertiary/aromatic N) is 1. The second-order valence-corrected chi connectivity index (χ2v) is 4.16. The van der Waals surface area contributed by atoms with Crippen molar-refractivity contribution in [1.82, 2.24) is 0 Å².